The predicted octanol–water partition coefficient (Wildman–Crippen LogP) is -0.481. The van der Waals surface area contributed by atoms with Gasteiger partial charge in [-0.3, -0.25) is 14.9 Å². The Morgan fingerprint density at radius 3 is 2.77 bits per heavy atom. The van der Waals surface area contributed by atoms with E-state index in [9.17, 15) is 18.8 Å². The molecule has 3 N–H and O–H groups in total. The maximum absolute atomic E-state index is 12.9. The van der Waals surface area contributed by atoms with Gasteiger partial charge in [-0.1, -0.05) is 0 Å². The molecule has 4 rings (SSSR count). The molecule has 0 radical (unpaired) electrons. The zero-order valence-electron chi connectivity index (χ0n) is 13.4. The highest BCUT2D eigenvalue weighted by Gasteiger charge is 2.56. The van der Waals surface area contributed by atoms with E-state index in [2.05, 4.69) is 31.1 Å². The number of pyridine rings is 1. The standard InChI is InChI=1S/C15H14FN7O3/c16-9-3-4-11(17-5-9)23-19-6-10(22-23)12(24)18-7-15(8-1-2-8)13(25)20-14(26)21-15/h3-6,8H,1-2,7H2,(H,18,24)(H2,20,21,25,26)/t15-/m0/s1. The van der Waals surface area contributed by atoms with Gasteiger partial charge in [0, 0.05) is 0 Å². The van der Waals surface area contributed by atoms with Crippen LogP contribution in [0.4, 0.5) is 9.18 Å². The van der Waals surface area contributed by atoms with Crippen LogP contribution < -0.4 is 16.0 Å². The van der Waals surface area contributed by atoms with Crippen LogP contribution in [0.15, 0.2) is 24.5 Å². The van der Waals surface area contributed by atoms with Gasteiger partial charge in [0.25, 0.3) is 11.8 Å². The third-order valence-electron chi connectivity index (χ3n) is 4.41. The van der Waals surface area contributed by atoms with Crippen LogP contribution in [-0.2, 0) is 4.79 Å². The van der Waals surface area contributed by atoms with E-state index < -0.39 is 29.2 Å². The van der Waals surface area contributed by atoms with E-state index >= 15 is 0 Å². The van der Waals surface area contributed by atoms with E-state index in [1.165, 1.54) is 18.3 Å². The molecule has 0 unspecified atom stereocenters. The summed E-state index contributed by atoms with van der Waals surface area (Å²) in [5, 5.41) is 15.4. The fraction of sp³-hybridized carbons (Fsp3) is 0.333. The average Bonchev–Trinajstić information content (AvgIpc) is 3.28. The molecule has 2 aromatic heterocycles. The first-order chi connectivity index (χ1) is 12.5. The quantitative estimate of drug-likeness (QED) is 0.618. The Balaban J connectivity index is 1.46. The van der Waals surface area contributed by atoms with Crippen molar-refractivity contribution in [3.63, 3.8) is 0 Å². The molecule has 1 aliphatic heterocycles. The van der Waals surface area contributed by atoms with Crippen molar-refractivity contribution in [3.8, 4) is 5.82 Å². The van der Waals surface area contributed by atoms with Gasteiger partial charge < -0.3 is 10.6 Å². The number of carbonyl (C=O) groups excluding carboxylic acids is 3. The minimum absolute atomic E-state index is 0.00616. The summed E-state index contributed by atoms with van der Waals surface area (Å²) in [6.07, 6.45) is 3.85. The second-order valence-electron chi connectivity index (χ2n) is 6.19. The average molecular weight is 359 g/mol. The Morgan fingerprint density at radius 2 is 2.15 bits per heavy atom. The monoisotopic (exact) mass is 359 g/mol. The first-order valence-corrected chi connectivity index (χ1v) is 7.94. The molecule has 0 bridgehead atoms. The molecule has 0 aromatic carbocycles. The van der Waals surface area contributed by atoms with Crippen LogP contribution in [0.3, 0.4) is 0 Å². The number of nitrogens with one attached hydrogen (secondary N) is 3. The molecule has 10 nitrogen and oxygen atoms in total. The predicted molar refractivity (Wildman–Crippen MR) is 83.6 cm³/mol. The smallest absolute Gasteiger partial charge is 0.322 e. The maximum atomic E-state index is 12.9. The first kappa shape index (κ1) is 16.1. The van der Waals surface area contributed by atoms with Crippen LogP contribution in [-0.4, -0.2) is 49.9 Å². The van der Waals surface area contributed by atoms with E-state index in [-0.39, 0.29) is 24.0 Å². The minimum atomic E-state index is -1.12. The number of imide groups is 1. The summed E-state index contributed by atoms with van der Waals surface area (Å²) in [5.74, 6) is -1.24. The summed E-state index contributed by atoms with van der Waals surface area (Å²) in [6, 6.07) is 2.01. The van der Waals surface area contributed by atoms with Gasteiger partial charge in [0.05, 0.1) is 18.9 Å². The molecule has 26 heavy (non-hydrogen) atoms. The lowest BCUT2D eigenvalue weighted by Crippen LogP contribution is -2.57. The van der Waals surface area contributed by atoms with Crippen molar-refractivity contribution >= 4 is 17.8 Å². The van der Waals surface area contributed by atoms with E-state index in [0.29, 0.717) is 0 Å². The number of hydrogen-bond donors (Lipinski definition) is 3. The molecule has 1 saturated heterocycles. The minimum Gasteiger partial charge on any atom is -0.348 e. The Kier molecular flexibility index (Phi) is 3.63. The Morgan fingerprint density at radius 1 is 1.35 bits per heavy atom. The van der Waals surface area contributed by atoms with Crippen LogP contribution >= 0.6 is 0 Å². The Hall–Kier alpha value is -3.37. The van der Waals surface area contributed by atoms with Crippen LogP contribution in [0.25, 0.3) is 5.82 Å². The van der Waals surface area contributed by atoms with Gasteiger partial charge in [0.1, 0.15) is 11.4 Å². The second-order valence-corrected chi connectivity index (χ2v) is 6.19. The van der Waals surface area contributed by atoms with Gasteiger partial charge in [0.15, 0.2) is 11.5 Å². The molecule has 4 amide bonds. The van der Waals surface area contributed by atoms with Gasteiger partial charge in [-0.05, 0) is 30.9 Å². The third-order valence-corrected chi connectivity index (χ3v) is 4.41. The second kappa shape index (κ2) is 5.86. The normalized spacial score (nSPS) is 22.0. The molecule has 1 aliphatic carbocycles. The number of urea groups is 1. The maximum Gasteiger partial charge on any atom is 0.322 e. The molecule has 1 saturated carbocycles. The van der Waals surface area contributed by atoms with Crippen molar-refractivity contribution in [2.45, 2.75) is 18.4 Å². The number of nitrogens with zero attached hydrogens (tertiary/aromatic N) is 4. The van der Waals surface area contributed by atoms with Crippen molar-refractivity contribution in [3.05, 3.63) is 36.0 Å². The van der Waals surface area contributed by atoms with Gasteiger partial charge in [-0.2, -0.15) is 5.10 Å². The van der Waals surface area contributed by atoms with Gasteiger partial charge >= 0.3 is 6.03 Å². The van der Waals surface area contributed by atoms with Crippen molar-refractivity contribution in [2.24, 2.45) is 5.92 Å². The lowest BCUT2D eigenvalue weighted by molar-refractivity contribution is -0.124. The molecule has 134 valence electrons. The first-order valence-electron chi connectivity index (χ1n) is 7.94. The van der Waals surface area contributed by atoms with Crippen LogP contribution in [0.1, 0.15) is 23.3 Å². The molecule has 2 aliphatic rings. The zero-order valence-corrected chi connectivity index (χ0v) is 13.4. The summed E-state index contributed by atoms with van der Waals surface area (Å²) in [7, 11) is 0. The highest BCUT2D eigenvalue weighted by molar-refractivity contribution is 6.08. The molecule has 2 fully saturated rings. The Labute approximate surface area is 146 Å². The van der Waals surface area contributed by atoms with E-state index in [1.807, 2.05) is 0 Å². The highest BCUT2D eigenvalue weighted by atomic mass is 19.1. The molecule has 0 spiro atoms. The number of rotatable bonds is 5. The van der Waals surface area contributed by atoms with Gasteiger partial charge in [0.2, 0.25) is 0 Å². The summed E-state index contributed by atoms with van der Waals surface area (Å²) in [6.45, 7) is -0.0459. The molecule has 1 atom stereocenters. The van der Waals surface area contributed by atoms with Crippen molar-refractivity contribution in [2.75, 3.05) is 6.54 Å². The largest absolute Gasteiger partial charge is 0.348 e. The summed E-state index contributed by atoms with van der Waals surface area (Å²) >= 11 is 0. The van der Waals surface area contributed by atoms with Crippen molar-refractivity contribution in [1.29, 1.82) is 0 Å². The number of amides is 4. The summed E-state index contributed by atoms with van der Waals surface area (Å²) < 4.78 is 12.9. The molecular formula is C15H14FN7O3. The number of carbonyl (C=O) groups is 3. The van der Waals surface area contributed by atoms with E-state index in [4.69, 9.17) is 0 Å². The van der Waals surface area contributed by atoms with Gasteiger partial charge in [-0.15, -0.1) is 9.90 Å². The SMILES string of the molecule is O=C1NC(=O)[C@](CNC(=O)c2cnn(-c3ccc(F)cn3)n2)(C2CC2)N1. The van der Waals surface area contributed by atoms with Gasteiger partial charge in [-0.25, -0.2) is 14.2 Å². The van der Waals surface area contributed by atoms with E-state index in [1.54, 1.807) is 0 Å². The van der Waals surface area contributed by atoms with Crippen LogP contribution in [0.5, 0.6) is 0 Å². The highest BCUT2D eigenvalue weighted by Crippen LogP contribution is 2.41. The van der Waals surface area contributed by atoms with E-state index in [0.717, 1.165) is 23.8 Å². The number of hydrogen-bond acceptors (Lipinski definition) is 6. The van der Waals surface area contributed by atoms with Crippen LogP contribution in [0.2, 0.25) is 0 Å². The molecule has 2 aromatic rings. The molecule has 11 heteroatoms. The fourth-order valence-corrected chi connectivity index (χ4v) is 2.91. The topological polar surface area (TPSA) is 131 Å². The lowest BCUT2D eigenvalue weighted by Gasteiger charge is -2.25. The fourth-order valence-electron chi connectivity index (χ4n) is 2.91. The number of aromatic nitrogens is 4. The van der Waals surface area contributed by atoms with Crippen molar-refractivity contribution in [1.82, 2.24) is 35.9 Å². The lowest BCUT2D eigenvalue weighted by atomic mass is 9.93. The number of halogens is 1. The zero-order chi connectivity index (χ0) is 18.3. The molecule has 3 heterocycles. The molecular weight excluding hydrogens is 345 g/mol. The third kappa shape index (κ3) is 2.76. The Bertz CT molecular complexity index is 893. The van der Waals surface area contributed by atoms with Crippen molar-refractivity contribution < 1.29 is 18.8 Å². The summed E-state index contributed by atoms with van der Waals surface area (Å²) in [4.78, 5) is 40.9. The van der Waals surface area contributed by atoms with Crippen LogP contribution in [0, 0.1) is 11.7 Å². The summed E-state index contributed by atoms with van der Waals surface area (Å²) in [5.41, 5.74) is -1.12.